The molecular formula is C15H27N3O. The third-order valence-corrected chi connectivity index (χ3v) is 4.32. The number of hydrogen-bond donors (Lipinski definition) is 1. The summed E-state index contributed by atoms with van der Waals surface area (Å²) in [5.74, 6) is 0. The number of rotatable bonds is 5. The summed E-state index contributed by atoms with van der Waals surface area (Å²) in [4.78, 5) is 0. The van der Waals surface area contributed by atoms with Gasteiger partial charge >= 0.3 is 0 Å². The van der Waals surface area contributed by atoms with E-state index in [1.807, 2.05) is 25.0 Å². The van der Waals surface area contributed by atoms with Gasteiger partial charge in [-0.15, -0.1) is 0 Å². The molecular weight excluding hydrogens is 238 g/mol. The molecule has 0 amide bonds. The van der Waals surface area contributed by atoms with E-state index in [1.165, 1.54) is 25.7 Å². The van der Waals surface area contributed by atoms with Gasteiger partial charge in [-0.25, -0.2) is 0 Å². The minimum Gasteiger partial charge on any atom is -0.376 e. The number of aryl methyl sites for hydroxylation is 1. The van der Waals surface area contributed by atoms with Crippen LogP contribution in [0.5, 0.6) is 0 Å². The Morgan fingerprint density at radius 1 is 1.37 bits per heavy atom. The van der Waals surface area contributed by atoms with Crippen LogP contribution in [0.3, 0.4) is 0 Å². The number of aromatic nitrogens is 2. The van der Waals surface area contributed by atoms with Crippen molar-refractivity contribution < 1.29 is 4.74 Å². The summed E-state index contributed by atoms with van der Waals surface area (Å²) < 4.78 is 7.90. The molecule has 1 fully saturated rings. The van der Waals surface area contributed by atoms with Gasteiger partial charge in [-0.05, 0) is 25.5 Å². The summed E-state index contributed by atoms with van der Waals surface area (Å²) >= 11 is 0. The quantitative estimate of drug-likeness (QED) is 0.832. The molecule has 0 radical (unpaired) electrons. The first-order valence-corrected chi connectivity index (χ1v) is 7.50. The largest absolute Gasteiger partial charge is 0.376 e. The Hall–Kier alpha value is -0.870. The predicted molar refractivity (Wildman–Crippen MR) is 77.1 cm³/mol. The summed E-state index contributed by atoms with van der Waals surface area (Å²) in [6.45, 7) is 3.09. The topological polar surface area (TPSA) is 39.1 Å². The number of methoxy groups -OCH3 is 1. The van der Waals surface area contributed by atoms with E-state index in [4.69, 9.17) is 4.74 Å². The normalized spacial score (nSPS) is 21.0. The van der Waals surface area contributed by atoms with Crippen LogP contribution in [0.2, 0.25) is 0 Å². The first kappa shape index (κ1) is 14.5. The van der Waals surface area contributed by atoms with Crippen LogP contribution in [0.15, 0.2) is 12.3 Å². The van der Waals surface area contributed by atoms with Crippen molar-refractivity contribution in [3.05, 3.63) is 18.0 Å². The first-order chi connectivity index (χ1) is 9.22. The maximum absolute atomic E-state index is 6.03. The number of hydrogen-bond acceptors (Lipinski definition) is 3. The van der Waals surface area contributed by atoms with Crippen LogP contribution in [0.1, 0.15) is 57.2 Å². The van der Waals surface area contributed by atoms with E-state index < -0.39 is 0 Å². The summed E-state index contributed by atoms with van der Waals surface area (Å²) in [5.41, 5.74) is 1.01. The molecule has 1 aliphatic carbocycles. The number of likely N-dealkylation sites (N-methyl/N-ethyl adjacent to an activating group) is 1. The highest BCUT2D eigenvalue weighted by Gasteiger charge is 2.40. The maximum atomic E-state index is 6.03. The lowest BCUT2D eigenvalue weighted by molar-refractivity contribution is -0.0548. The minimum absolute atomic E-state index is 0.0964. The Bertz CT molecular complexity index is 380. The lowest BCUT2D eigenvalue weighted by Crippen LogP contribution is -2.45. The number of ether oxygens (including phenoxy) is 1. The maximum Gasteiger partial charge on any atom is 0.0888 e. The molecule has 1 aliphatic rings. The van der Waals surface area contributed by atoms with E-state index in [2.05, 4.69) is 23.4 Å². The molecule has 1 N–H and O–H groups in total. The number of nitrogens with one attached hydrogen (secondary N) is 1. The van der Waals surface area contributed by atoms with Gasteiger partial charge in [0.15, 0.2) is 0 Å². The van der Waals surface area contributed by atoms with Gasteiger partial charge in [-0.3, -0.25) is 4.68 Å². The molecule has 0 bridgehead atoms. The molecule has 108 valence electrons. The molecule has 0 spiro atoms. The highest BCUT2D eigenvalue weighted by atomic mass is 16.5. The highest BCUT2D eigenvalue weighted by Crippen LogP contribution is 2.39. The third-order valence-electron chi connectivity index (χ3n) is 4.32. The van der Waals surface area contributed by atoms with Crippen LogP contribution in [-0.2, 0) is 11.8 Å². The molecule has 0 saturated heterocycles. The fourth-order valence-electron chi connectivity index (χ4n) is 3.29. The lowest BCUT2D eigenvalue weighted by atomic mass is 9.84. The van der Waals surface area contributed by atoms with Gasteiger partial charge in [-0.2, -0.15) is 5.10 Å². The van der Waals surface area contributed by atoms with Crippen molar-refractivity contribution in [2.24, 2.45) is 7.05 Å². The molecule has 4 nitrogen and oxygen atoms in total. The summed E-state index contributed by atoms with van der Waals surface area (Å²) in [5, 5.41) is 8.20. The molecule has 19 heavy (non-hydrogen) atoms. The van der Waals surface area contributed by atoms with Crippen molar-refractivity contribution in [3.8, 4) is 0 Å². The highest BCUT2D eigenvalue weighted by molar-refractivity contribution is 5.13. The Morgan fingerprint density at radius 2 is 2.05 bits per heavy atom. The molecule has 0 aliphatic heterocycles. The predicted octanol–water partition coefficient (Wildman–Crippen LogP) is 2.81. The van der Waals surface area contributed by atoms with Crippen LogP contribution in [0.25, 0.3) is 0 Å². The second-order valence-corrected chi connectivity index (χ2v) is 5.59. The van der Waals surface area contributed by atoms with Crippen molar-refractivity contribution in [1.29, 1.82) is 0 Å². The van der Waals surface area contributed by atoms with Crippen LogP contribution < -0.4 is 5.32 Å². The molecule has 1 aromatic rings. The van der Waals surface area contributed by atoms with E-state index in [9.17, 15) is 0 Å². The van der Waals surface area contributed by atoms with Gasteiger partial charge < -0.3 is 10.1 Å². The number of nitrogens with zero attached hydrogens (tertiary/aromatic N) is 2. The van der Waals surface area contributed by atoms with Gasteiger partial charge in [0.1, 0.15) is 0 Å². The smallest absolute Gasteiger partial charge is 0.0888 e. The van der Waals surface area contributed by atoms with Gasteiger partial charge in [0.25, 0.3) is 0 Å². The van der Waals surface area contributed by atoms with Crippen molar-refractivity contribution in [2.75, 3.05) is 13.7 Å². The van der Waals surface area contributed by atoms with Gasteiger partial charge in [-0.1, -0.05) is 32.6 Å². The van der Waals surface area contributed by atoms with Crippen molar-refractivity contribution in [1.82, 2.24) is 15.1 Å². The van der Waals surface area contributed by atoms with Crippen LogP contribution in [0, 0.1) is 0 Å². The van der Waals surface area contributed by atoms with Crippen LogP contribution >= 0.6 is 0 Å². The zero-order valence-electron chi connectivity index (χ0n) is 12.5. The molecule has 4 heteroatoms. The zero-order chi connectivity index (χ0) is 13.7. The van der Waals surface area contributed by atoms with Crippen LogP contribution in [0.4, 0.5) is 0 Å². The second-order valence-electron chi connectivity index (χ2n) is 5.59. The van der Waals surface area contributed by atoms with Crippen molar-refractivity contribution in [2.45, 2.75) is 57.1 Å². The molecule has 2 rings (SSSR count). The molecule has 1 unspecified atom stereocenters. The standard InChI is InChI=1S/C15H27N3O/c1-4-16-14(13-9-12-18(2)17-13)15(19-3)10-7-5-6-8-11-15/h9,12,14,16H,4-8,10-11H2,1-3H3. The zero-order valence-corrected chi connectivity index (χ0v) is 12.5. The Labute approximate surface area is 116 Å². The van der Waals surface area contributed by atoms with E-state index >= 15 is 0 Å². The van der Waals surface area contributed by atoms with E-state index in [0.717, 1.165) is 25.1 Å². The second kappa shape index (κ2) is 6.53. The minimum atomic E-state index is -0.0964. The van der Waals surface area contributed by atoms with Crippen molar-refractivity contribution >= 4 is 0 Å². The van der Waals surface area contributed by atoms with Crippen LogP contribution in [-0.4, -0.2) is 29.0 Å². The van der Waals surface area contributed by atoms with Crippen molar-refractivity contribution in [3.63, 3.8) is 0 Å². The molecule has 1 saturated carbocycles. The molecule has 1 atom stereocenters. The third kappa shape index (κ3) is 3.18. The Balaban J connectivity index is 2.28. The Morgan fingerprint density at radius 3 is 2.53 bits per heavy atom. The van der Waals surface area contributed by atoms with E-state index in [-0.39, 0.29) is 11.6 Å². The van der Waals surface area contributed by atoms with E-state index in [0.29, 0.717) is 0 Å². The summed E-state index contributed by atoms with van der Waals surface area (Å²) in [7, 11) is 3.83. The molecule has 1 aromatic heterocycles. The monoisotopic (exact) mass is 265 g/mol. The SMILES string of the molecule is CCNC(c1ccn(C)n1)C1(OC)CCCCCC1. The fourth-order valence-corrected chi connectivity index (χ4v) is 3.29. The molecule has 1 heterocycles. The van der Waals surface area contributed by atoms with Gasteiger partial charge in [0.05, 0.1) is 17.3 Å². The first-order valence-electron chi connectivity index (χ1n) is 7.50. The average Bonchev–Trinajstić information content (AvgIpc) is 2.70. The summed E-state index contributed by atoms with van der Waals surface area (Å²) in [6, 6.07) is 2.31. The van der Waals surface area contributed by atoms with Gasteiger partial charge in [0.2, 0.25) is 0 Å². The molecule has 0 aromatic carbocycles. The Kier molecular flexibility index (Phi) is 4.99. The summed E-state index contributed by atoms with van der Waals surface area (Å²) in [6.07, 6.45) is 9.42. The van der Waals surface area contributed by atoms with E-state index in [1.54, 1.807) is 0 Å². The van der Waals surface area contributed by atoms with Gasteiger partial charge in [0, 0.05) is 20.4 Å². The lowest BCUT2D eigenvalue weighted by Gasteiger charge is -2.39. The average molecular weight is 265 g/mol. The fraction of sp³-hybridized carbons (Fsp3) is 0.800.